The minimum atomic E-state index is -0.0535. The van der Waals surface area contributed by atoms with Crippen LogP contribution in [0.5, 0.6) is 0 Å². The number of likely N-dealkylation sites (tertiary alicyclic amines) is 1. The largest absolute Gasteiger partial charge is 0.372 e. The Labute approximate surface area is 166 Å². The van der Waals surface area contributed by atoms with Crippen molar-refractivity contribution >= 4 is 33.8 Å². The van der Waals surface area contributed by atoms with Crippen molar-refractivity contribution in [2.75, 3.05) is 25.0 Å². The van der Waals surface area contributed by atoms with Crippen molar-refractivity contribution in [3.8, 4) is 10.7 Å². The van der Waals surface area contributed by atoms with E-state index in [2.05, 4.69) is 30.4 Å². The van der Waals surface area contributed by atoms with E-state index in [4.69, 9.17) is 4.74 Å². The maximum Gasteiger partial charge on any atom is 0.239 e. The number of nitrogens with zero attached hydrogens (tertiary/aromatic N) is 5. The number of ether oxygens (including phenoxy) is 1. The number of carbonyl (C=O) groups is 1. The van der Waals surface area contributed by atoms with E-state index in [1.54, 1.807) is 12.4 Å². The minimum Gasteiger partial charge on any atom is -0.372 e. The van der Waals surface area contributed by atoms with Gasteiger partial charge in [0.15, 0.2) is 5.01 Å². The molecule has 0 saturated carbocycles. The standard InChI is InChI=1S/C19H20N6O2S/c1-11-23-24-19(28-11)16-4-12-5-17(21-7-13(12)6-20-16)22-18(26)10-25-8-14-2-3-15(9-25)27-14/h4-7,14-15H,2-3,8-10H2,1H3,(H,21,22,26). The minimum absolute atomic E-state index is 0.0535. The number of hydrogen-bond acceptors (Lipinski definition) is 8. The second kappa shape index (κ2) is 7.16. The van der Waals surface area contributed by atoms with Crippen LogP contribution in [0.4, 0.5) is 5.82 Å². The molecule has 144 valence electrons. The third-order valence-corrected chi connectivity index (χ3v) is 5.96. The molecule has 1 N–H and O–H groups in total. The first-order chi connectivity index (χ1) is 13.6. The number of carbonyl (C=O) groups excluding carboxylic acids is 1. The third kappa shape index (κ3) is 3.60. The lowest BCUT2D eigenvalue weighted by Crippen LogP contribution is -2.45. The second-order valence-electron chi connectivity index (χ2n) is 7.31. The van der Waals surface area contributed by atoms with E-state index in [-0.39, 0.29) is 18.1 Å². The lowest BCUT2D eigenvalue weighted by molar-refractivity contribution is -0.119. The average molecular weight is 396 g/mol. The Morgan fingerprint density at radius 2 is 1.96 bits per heavy atom. The fourth-order valence-corrected chi connectivity index (χ4v) is 4.50. The molecule has 0 spiro atoms. The van der Waals surface area contributed by atoms with Crippen molar-refractivity contribution in [2.45, 2.75) is 32.0 Å². The molecular weight excluding hydrogens is 376 g/mol. The summed E-state index contributed by atoms with van der Waals surface area (Å²) in [5.74, 6) is 0.488. The lowest BCUT2D eigenvalue weighted by Gasteiger charge is -2.31. The molecule has 2 aliphatic heterocycles. The summed E-state index contributed by atoms with van der Waals surface area (Å²) in [5.41, 5.74) is 0.769. The maximum atomic E-state index is 12.5. The molecule has 5 rings (SSSR count). The first-order valence-corrected chi connectivity index (χ1v) is 10.2. The Kier molecular flexibility index (Phi) is 4.50. The van der Waals surface area contributed by atoms with E-state index in [1.165, 1.54) is 11.3 Å². The predicted octanol–water partition coefficient (Wildman–Crippen LogP) is 2.26. The van der Waals surface area contributed by atoms with Crippen LogP contribution in [0, 0.1) is 6.92 Å². The molecule has 5 heterocycles. The molecule has 28 heavy (non-hydrogen) atoms. The van der Waals surface area contributed by atoms with Crippen LogP contribution < -0.4 is 5.32 Å². The van der Waals surface area contributed by atoms with Crippen molar-refractivity contribution in [1.82, 2.24) is 25.1 Å². The number of morpholine rings is 1. The lowest BCUT2D eigenvalue weighted by atomic mass is 10.2. The highest BCUT2D eigenvalue weighted by atomic mass is 32.1. The topological polar surface area (TPSA) is 93.1 Å². The van der Waals surface area contributed by atoms with Crippen LogP contribution in [0.15, 0.2) is 24.5 Å². The monoisotopic (exact) mass is 396 g/mol. The molecule has 2 unspecified atom stereocenters. The van der Waals surface area contributed by atoms with Gasteiger partial charge >= 0.3 is 0 Å². The Morgan fingerprint density at radius 3 is 2.71 bits per heavy atom. The molecule has 0 radical (unpaired) electrons. The van der Waals surface area contributed by atoms with E-state index < -0.39 is 0 Å². The molecule has 9 heteroatoms. The number of pyridine rings is 2. The number of anilines is 1. The molecule has 3 aromatic heterocycles. The number of amides is 1. The quantitative estimate of drug-likeness (QED) is 0.723. The Bertz CT molecular complexity index is 1030. The number of rotatable bonds is 4. The van der Waals surface area contributed by atoms with Crippen LogP contribution >= 0.6 is 11.3 Å². The average Bonchev–Trinajstić information content (AvgIpc) is 3.26. The summed E-state index contributed by atoms with van der Waals surface area (Å²) in [6.07, 6.45) is 6.24. The highest BCUT2D eigenvalue weighted by Gasteiger charge is 2.34. The Morgan fingerprint density at radius 1 is 1.18 bits per heavy atom. The van der Waals surface area contributed by atoms with Crippen LogP contribution in [0.3, 0.4) is 0 Å². The third-order valence-electron chi connectivity index (χ3n) is 5.10. The first-order valence-electron chi connectivity index (χ1n) is 9.36. The zero-order chi connectivity index (χ0) is 19.1. The van der Waals surface area contributed by atoms with Crippen LogP contribution in [0.2, 0.25) is 0 Å². The summed E-state index contributed by atoms with van der Waals surface area (Å²) in [6, 6.07) is 3.82. The Balaban J connectivity index is 1.30. The predicted molar refractivity (Wildman–Crippen MR) is 106 cm³/mol. The van der Waals surface area contributed by atoms with Crippen molar-refractivity contribution in [3.05, 3.63) is 29.5 Å². The van der Waals surface area contributed by atoms with E-state index in [0.717, 1.165) is 52.4 Å². The van der Waals surface area contributed by atoms with Crippen molar-refractivity contribution in [1.29, 1.82) is 0 Å². The summed E-state index contributed by atoms with van der Waals surface area (Å²) in [5, 5.41) is 14.7. The fraction of sp³-hybridized carbons (Fsp3) is 0.421. The number of fused-ring (bicyclic) bond motifs is 3. The molecule has 8 nitrogen and oxygen atoms in total. The van der Waals surface area contributed by atoms with Gasteiger partial charge < -0.3 is 10.1 Å². The SMILES string of the molecule is Cc1nnc(-c2cc3cc(NC(=O)CN4CC5CCC(C4)O5)ncc3cn2)s1. The number of nitrogens with one attached hydrogen (secondary N) is 1. The molecule has 0 aromatic carbocycles. The number of aryl methyl sites for hydroxylation is 1. The van der Waals surface area contributed by atoms with Gasteiger partial charge in [-0.15, -0.1) is 10.2 Å². The summed E-state index contributed by atoms with van der Waals surface area (Å²) >= 11 is 1.50. The number of aromatic nitrogens is 4. The van der Waals surface area contributed by atoms with Crippen LogP contribution in [-0.4, -0.2) is 62.8 Å². The molecule has 1 amide bonds. The molecule has 3 aromatic rings. The van der Waals surface area contributed by atoms with Crippen molar-refractivity contribution in [2.24, 2.45) is 0 Å². The van der Waals surface area contributed by atoms with Gasteiger partial charge in [-0.25, -0.2) is 4.98 Å². The van der Waals surface area contributed by atoms with Crippen molar-refractivity contribution < 1.29 is 9.53 Å². The fourth-order valence-electron chi connectivity index (χ4n) is 3.84. The van der Waals surface area contributed by atoms with Gasteiger partial charge in [0.1, 0.15) is 16.5 Å². The van der Waals surface area contributed by atoms with Crippen molar-refractivity contribution in [3.63, 3.8) is 0 Å². The summed E-state index contributed by atoms with van der Waals surface area (Å²) in [7, 11) is 0. The highest BCUT2D eigenvalue weighted by molar-refractivity contribution is 7.14. The van der Waals surface area contributed by atoms with E-state index in [9.17, 15) is 4.79 Å². The van der Waals surface area contributed by atoms with Gasteiger partial charge in [-0.05, 0) is 37.3 Å². The molecule has 0 aliphatic carbocycles. The molecule has 2 bridgehead atoms. The number of hydrogen-bond donors (Lipinski definition) is 1. The highest BCUT2D eigenvalue weighted by Crippen LogP contribution is 2.27. The van der Waals surface area contributed by atoms with E-state index in [1.807, 2.05) is 19.1 Å². The van der Waals surface area contributed by atoms with Crippen LogP contribution in [0.1, 0.15) is 17.8 Å². The molecule has 2 atom stereocenters. The zero-order valence-electron chi connectivity index (χ0n) is 15.5. The van der Waals surface area contributed by atoms with Gasteiger partial charge in [0.05, 0.1) is 18.8 Å². The van der Waals surface area contributed by atoms with Gasteiger partial charge in [0, 0.05) is 30.9 Å². The molecule has 2 fully saturated rings. The first kappa shape index (κ1) is 17.6. The van der Waals surface area contributed by atoms with Gasteiger partial charge in [0.2, 0.25) is 5.91 Å². The van der Waals surface area contributed by atoms with Crippen LogP contribution in [-0.2, 0) is 9.53 Å². The summed E-state index contributed by atoms with van der Waals surface area (Å²) < 4.78 is 5.82. The molecule has 2 saturated heterocycles. The zero-order valence-corrected chi connectivity index (χ0v) is 16.3. The molecular formula is C19H20N6O2S. The van der Waals surface area contributed by atoms with Gasteiger partial charge in [-0.3, -0.25) is 14.7 Å². The normalized spacial score (nSPS) is 21.9. The van der Waals surface area contributed by atoms with Gasteiger partial charge in [-0.1, -0.05) is 11.3 Å². The van der Waals surface area contributed by atoms with E-state index >= 15 is 0 Å². The maximum absolute atomic E-state index is 12.5. The Hall–Kier alpha value is -2.49. The van der Waals surface area contributed by atoms with Gasteiger partial charge in [-0.2, -0.15) is 0 Å². The van der Waals surface area contributed by atoms with E-state index in [0.29, 0.717) is 12.4 Å². The molecule has 2 aliphatic rings. The summed E-state index contributed by atoms with van der Waals surface area (Å²) in [4.78, 5) is 23.4. The van der Waals surface area contributed by atoms with Crippen LogP contribution in [0.25, 0.3) is 21.5 Å². The van der Waals surface area contributed by atoms with Gasteiger partial charge in [0.25, 0.3) is 0 Å². The summed E-state index contributed by atoms with van der Waals surface area (Å²) in [6.45, 7) is 3.93. The second-order valence-corrected chi connectivity index (χ2v) is 8.49. The smallest absolute Gasteiger partial charge is 0.239 e.